The molecule has 7 heteroatoms. The Labute approximate surface area is 157 Å². The molecule has 2 aromatic carbocycles. The van der Waals surface area contributed by atoms with E-state index in [9.17, 15) is 0 Å². The monoisotopic (exact) mass is 381 g/mol. The van der Waals surface area contributed by atoms with Gasteiger partial charge in [-0.05, 0) is 43.3 Å². The standard InChI is InChI=1S/C18H20ClNO4S/c1-3-22-16-11-12(18(20)25)10-15(19)17(16)24-9-8-23-14-6-4-13(21-2)5-7-14/h4-7,10-11H,3,8-9H2,1-2H3,(H2,20,25). The number of nitrogens with two attached hydrogens (primary N) is 1. The number of hydrogen-bond donors (Lipinski definition) is 1. The molecule has 0 fully saturated rings. The summed E-state index contributed by atoms with van der Waals surface area (Å²) in [6, 6.07) is 10.7. The average molecular weight is 382 g/mol. The first-order chi connectivity index (χ1) is 12.0. The Morgan fingerprint density at radius 2 is 1.68 bits per heavy atom. The topological polar surface area (TPSA) is 62.9 Å². The van der Waals surface area contributed by atoms with E-state index < -0.39 is 0 Å². The first kappa shape index (κ1) is 19.1. The molecule has 0 aliphatic rings. The highest BCUT2D eigenvalue weighted by atomic mass is 35.5. The smallest absolute Gasteiger partial charge is 0.179 e. The van der Waals surface area contributed by atoms with E-state index in [1.54, 1.807) is 19.2 Å². The van der Waals surface area contributed by atoms with Crippen LogP contribution in [0.25, 0.3) is 0 Å². The maximum absolute atomic E-state index is 6.27. The highest BCUT2D eigenvalue weighted by Gasteiger charge is 2.14. The van der Waals surface area contributed by atoms with Crippen LogP contribution in [-0.4, -0.2) is 31.9 Å². The molecule has 0 bridgehead atoms. The summed E-state index contributed by atoms with van der Waals surface area (Å²) in [6.45, 7) is 3.00. The van der Waals surface area contributed by atoms with Crippen LogP contribution in [0.2, 0.25) is 5.02 Å². The fourth-order valence-electron chi connectivity index (χ4n) is 2.09. The van der Waals surface area contributed by atoms with Crippen molar-refractivity contribution in [1.29, 1.82) is 0 Å². The molecule has 0 heterocycles. The van der Waals surface area contributed by atoms with Gasteiger partial charge in [-0.2, -0.15) is 0 Å². The maximum atomic E-state index is 6.27. The zero-order chi connectivity index (χ0) is 18.2. The van der Waals surface area contributed by atoms with Crippen molar-refractivity contribution in [1.82, 2.24) is 0 Å². The van der Waals surface area contributed by atoms with Gasteiger partial charge in [-0.1, -0.05) is 23.8 Å². The Balaban J connectivity index is 1.98. The molecule has 0 radical (unpaired) electrons. The van der Waals surface area contributed by atoms with Gasteiger partial charge in [0.15, 0.2) is 11.5 Å². The van der Waals surface area contributed by atoms with Gasteiger partial charge in [0.25, 0.3) is 0 Å². The van der Waals surface area contributed by atoms with Crippen molar-refractivity contribution in [3.05, 3.63) is 47.0 Å². The first-order valence-electron chi connectivity index (χ1n) is 7.71. The molecule has 5 nitrogen and oxygen atoms in total. The van der Waals surface area contributed by atoms with E-state index in [-0.39, 0.29) is 4.99 Å². The van der Waals surface area contributed by atoms with Crippen LogP contribution in [0.1, 0.15) is 12.5 Å². The molecule has 2 N–H and O–H groups in total. The minimum atomic E-state index is 0.247. The Bertz CT molecular complexity index is 722. The highest BCUT2D eigenvalue weighted by Crippen LogP contribution is 2.36. The van der Waals surface area contributed by atoms with Crippen LogP contribution in [-0.2, 0) is 0 Å². The second-order valence-electron chi connectivity index (χ2n) is 4.96. The van der Waals surface area contributed by atoms with E-state index in [0.717, 1.165) is 11.5 Å². The largest absolute Gasteiger partial charge is 0.497 e. The van der Waals surface area contributed by atoms with Crippen LogP contribution in [0.15, 0.2) is 36.4 Å². The van der Waals surface area contributed by atoms with E-state index in [4.69, 9.17) is 48.5 Å². The van der Waals surface area contributed by atoms with Crippen molar-refractivity contribution >= 4 is 28.8 Å². The van der Waals surface area contributed by atoms with Gasteiger partial charge in [0, 0.05) is 5.56 Å². The molecule has 0 spiro atoms. The zero-order valence-corrected chi connectivity index (χ0v) is 15.7. The summed E-state index contributed by atoms with van der Waals surface area (Å²) >= 11 is 11.2. The zero-order valence-electron chi connectivity index (χ0n) is 14.1. The summed E-state index contributed by atoms with van der Waals surface area (Å²) in [7, 11) is 1.62. The van der Waals surface area contributed by atoms with E-state index in [2.05, 4.69) is 0 Å². The molecule has 0 aromatic heterocycles. The average Bonchev–Trinajstić information content (AvgIpc) is 2.60. The molecule has 0 saturated heterocycles. The number of thiocarbonyl (C=S) groups is 1. The molecule has 0 saturated carbocycles. The van der Waals surface area contributed by atoms with Crippen molar-refractivity contribution in [3.63, 3.8) is 0 Å². The van der Waals surface area contributed by atoms with Crippen LogP contribution in [0.4, 0.5) is 0 Å². The molecule has 0 unspecified atom stereocenters. The second kappa shape index (κ2) is 9.34. The fraction of sp³-hybridized carbons (Fsp3) is 0.278. The van der Waals surface area contributed by atoms with E-state index in [0.29, 0.717) is 41.9 Å². The van der Waals surface area contributed by atoms with E-state index in [1.165, 1.54) is 0 Å². The highest BCUT2D eigenvalue weighted by molar-refractivity contribution is 7.80. The summed E-state index contributed by atoms with van der Waals surface area (Å²) in [4.78, 5) is 0.247. The Morgan fingerprint density at radius 1 is 1.04 bits per heavy atom. The lowest BCUT2D eigenvalue weighted by Gasteiger charge is -2.15. The van der Waals surface area contributed by atoms with Gasteiger partial charge >= 0.3 is 0 Å². The van der Waals surface area contributed by atoms with Gasteiger partial charge in [0.2, 0.25) is 0 Å². The molecular weight excluding hydrogens is 362 g/mol. The minimum Gasteiger partial charge on any atom is -0.497 e. The van der Waals surface area contributed by atoms with Gasteiger partial charge in [0.1, 0.15) is 29.7 Å². The van der Waals surface area contributed by atoms with Crippen molar-refractivity contribution in [3.8, 4) is 23.0 Å². The quantitative estimate of drug-likeness (QED) is 0.526. The third kappa shape index (κ3) is 5.41. The van der Waals surface area contributed by atoms with E-state index >= 15 is 0 Å². The molecule has 0 amide bonds. The van der Waals surface area contributed by atoms with Gasteiger partial charge in [-0.3, -0.25) is 0 Å². The number of rotatable bonds is 9. The van der Waals surface area contributed by atoms with Crippen LogP contribution >= 0.6 is 23.8 Å². The maximum Gasteiger partial charge on any atom is 0.179 e. The summed E-state index contributed by atoms with van der Waals surface area (Å²) in [5, 5.41) is 0.387. The number of ether oxygens (including phenoxy) is 4. The second-order valence-corrected chi connectivity index (χ2v) is 5.80. The summed E-state index contributed by atoms with van der Waals surface area (Å²) in [5.74, 6) is 2.45. The van der Waals surface area contributed by atoms with Gasteiger partial charge in [-0.25, -0.2) is 0 Å². The lowest BCUT2D eigenvalue weighted by Crippen LogP contribution is -2.12. The molecule has 134 valence electrons. The predicted molar refractivity (Wildman–Crippen MR) is 102 cm³/mol. The molecule has 0 aliphatic carbocycles. The lowest BCUT2D eigenvalue weighted by molar-refractivity contribution is 0.208. The summed E-state index contributed by atoms with van der Waals surface area (Å²) < 4.78 is 22.0. The van der Waals surface area contributed by atoms with Crippen LogP contribution in [0.3, 0.4) is 0 Å². The molecule has 0 atom stereocenters. The summed E-state index contributed by atoms with van der Waals surface area (Å²) in [5.41, 5.74) is 6.28. The normalized spacial score (nSPS) is 10.2. The van der Waals surface area contributed by atoms with Crippen molar-refractivity contribution < 1.29 is 18.9 Å². The van der Waals surface area contributed by atoms with Crippen LogP contribution < -0.4 is 24.7 Å². The Kier molecular flexibility index (Phi) is 7.16. The third-order valence-corrected chi connectivity index (χ3v) is 3.77. The number of benzene rings is 2. The van der Waals surface area contributed by atoms with Gasteiger partial charge in [0.05, 0.1) is 18.7 Å². The third-order valence-electron chi connectivity index (χ3n) is 3.25. The van der Waals surface area contributed by atoms with Crippen molar-refractivity contribution in [2.75, 3.05) is 26.9 Å². The van der Waals surface area contributed by atoms with Gasteiger partial charge in [-0.15, -0.1) is 0 Å². The SMILES string of the molecule is CCOc1cc(C(N)=S)cc(Cl)c1OCCOc1ccc(OC)cc1. The number of hydrogen-bond acceptors (Lipinski definition) is 5. The number of halogens is 1. The lowest BCUT2D eigenvalue weighted by atomic mass is 10.2. The van der Waals surface area contributed by atoms with Crippen molar-refractivity contribution in [2.45, 2.75) is 6.92 Å². The molecular formula is C18H20ClNO4S. The predicted octanol–water partition coefficient (Wildman–Crippen LogP) is 3.84. The van der Waals surface area contributed by atoms with Gasteiger partial charge < -0.3 is 24.7 Å². The molecule has 0 aliphatic heterocycles. The molecule has 2 rings (SSSR count). The minimum absolute atomic E-state index is 0.247. The van der Waals surface area contributed by atoms with Crippen LogP contribution in [0, 0.1) is 0 Å². The fourth-order valence-corrected chi connectivity index (χ4v) is 2.47. The van der Waals surface area contributed by atoms with Crippen molar-refractivity contribution in [2.24, 2.45) is 5.73 Å². The Morgan fingerprint density at radius 3 is 2.28 bits per heavy atom. The van der Waals surface area contributed by atoms with E-state index in [1.807, 2.05) is 31.2 Å². The molecule has 2 aromatic rings. The number of methoxy groups -OCH3 is 1. The molecule has 25 heavy (non-hydrogen) atoms. The summed E-state index contributed by atoms with van der Waals surface area (Å²) in [6.07, 6.45) is 0. The Hall–Kier alpha value is -2.18. The first-order valence-corrected chi connectivity index (χ1v) is 8.49. The van der Waals surface area contributed by atoms with Crippen LogP contribution in [0.5, 0.6) is 23.0 Å².